The number of benzene rings is 1. The Morgan fingerprint density at radius 3 is 2.50 bits per heavy atom. The monoisotopic (exact) mass is 328 g/mol. The highest BCUT2D eigenvalue weighted by Gasteiger charge is 2.34. The Balaban J connectivity index is 1.79. The number of carbonyl (C=O) groups excluding carboxylic acids is 1. The molecule has 1 heterocycles. The Morgan fingerprint density at radius 1 is 1.25 bits per heavy atom. The van der Waals surface area contributed by atoms with E-state index in [0.29, 0.717) is 17.9 Å². The Labute approximate surface area is 142 Å². The van der Waals surface area contributed by atoms with Gasteiger partial charge in [-0.3, -0.25) is 4.79 Å². The zero-order valence-electron chi connectivity index (χ0n) is 14.5. The van der Waals surface area contributed by atoms with Crippen molar-refractivity contribution in [1.29, 1.82) is 0 Å². The molecule has 1 aliphatic carbocycles. The second-order valence-electron chi connectivity index (χ2n) is 6.86. The van der Waals surface area contributed by atoms with Crippen LogP contribution >= 0.6 is 0 Å². The maximum atomic E-state index is 12.7. The summed E-state index contributed by atoms with van der Waals surface area (Å²) in [6, 6.07) is 7.91. The molecule has 0 atom stereocenters. The zero-order chi connectivity index (χ0) is 17.3. The molecule has 1 aromatic carbocycles. The first-order valence-electron chi connectivity index (χ1n) is 8.37. The van der Waals surface area contributed by atoms with Crippen molar-refractivity contribution >= 4 is 5.91 Å². The van der Waals surface area contributed by atoms with Gasteiger partial charge in [-0.1, -0.05) is 35.8 Å². The fraction of sp³-hybridized carbons (Fsp3) is 0.500. The van der Waals surface area contributed by atoms with Crippen molar-refractivity contribution < 1.29 is 9.90 Å². The molecule has 2 aromatic rings. The van der Waals surface area contributed by atoms with Gasteiger partial charge < -0.3 is 10.0 Å². The van der Waals surface area contributed by atoms with Crippen molar-refractivity contribution in [3.8, 4) is 5.69 Å². The first-order valence-corrected chi connectivity index (χ1v) is 8.37. The first-order chi connectivity index (χ1) is 11.4. The van der Waals surface area contributed by atoms with E-state index in [2.05, 4.69) is 10.3 Å². The molecule has 1 N–H and O–H groups in total. The number of amides is 1. The van der Waals surface area contributed by atoms with Gasteiger partial charge in [0.25, 0.3) is 5.91 Å². The van der Waals surface area contributed by atoms with E-state index in [-0.39, 0.29) is 5.91 Å². The van der Waals surface area contributed by atoms with E-state index in [1.807, 2.05) is 38.1 Å². The molecule has 1 aromatic heterocycles. The van der Waals surface area contributed by atoms with Crippen LogP contribution in [0, 0.1) is 13.8 Å². The minimum absolute atomic E-state index is 0.203. The summed E-state index contributed by atoms with van der Waals surface area (Å²) in [4.78, 5) is 14.3. The lowest BCUT2D eigenvalue weighted by atomic mass is 10.0. The Kier molecular flexibility index (Phi) is 4.41. The van der Waals surface area contributed by atoms with Crippen LogP contribution in [0.25, 0.3) is 5.69 Å². The van der Waals surface area contributed by atoms with E-state index >= 15 is 0 Å². The SMILES string of the molecule is Cc1ccc(-n2nnc(C(=O)N(C)CC3(O)CCCC3)c2C)cc1. The summed E-state index contributed by atoms with van der Waals surface area (Å²) in [5.41, 5.74) is 2.32. The van der Waals surface area contributed by atoms with E-state index in [0.717, 1.165) is 36.9 Å². The molecule has 0 radical (unpaired) electrons. The number of likely N-dealkylation sites (N-methyl/N-ethyl adjacent to an activating group) is 1. The van der Waals surface area contributed by atoms with Gasteiger partial charge in [0, 0.05) is 13.6 Å². The molecule has 3 rings (SSSR count). The highest BCUT2D eigenvalue weighted by Crippen LogP contribution is 2.30. The summed E-state index contributed by atoms with van der Waals surface area (Å²) >= 11 is 0. The molecule has 0 saturated heterocycles. The molecule has 0 bridgehead atoms. The second kappa shape index (κ2) is 6.36. The molecular weight excluding hydrogens is 304 g/mol. The van der Waals surface area contributed by atoms with E-state index in [9.17, 15) is 9.90 Å². The van der Waals surface area contributed by atoms with Crippen LogP contribution in [0.4, 0.5) is 0 Å². The fourth-order valence-electron chi connectivity index (χ4n) is 3.34. The van der Waals surface area contributed by atoms with Crippen molar-refractivity contribution in [2.45, 2.75) is 45.1 Å². The molecule has 128 valence electrons. The lowest BCUT2D eigenvalue weighted by Gasteiger charge is -2.28. The molecule has 1 amide bonds. The molecule has 0 spiro atoms. The standard InChI is InChI=1S/C18H24N4O2/c1-13-6-8-15(9-7-13)22-14(2)16(19-20-22)17(23)21(3)12-18(24)10-4-5-11-18/h6-9,24H,4-5,10-12H2,1-3H3. The average molecular weight is 328 g/mol. The number of aliphatic hydroxyl groups is 1. The fourth-order valence-corrected chi connectivity index (χ4v) is 3.34. The van der Waals surface area contributed by atoms with Gasteiger partial charge in [0.1, 0.15) is 0 Å². The minimum atomic E-state index is -0.759. The smallest absolute Gasteiger partial charge is 0.276 e. The average Bonchev–Trinajstić information content (AvgIpc) is 3.14. The lowest BCUT2D eigenvalue weighted by molar-refractivity contribution is 0.0154. The topological polar surface area (TPSA) is 71.2 Å². The number of hydrogen-bond donors (Lipinski definition) is 1. The summed E-state index contributed by atoms with van der Waals surface area (Å²) in [5, 5.41) is 18.7. The summed E-state index contributed by atoms with van der Waals surface area (Å²) in [5.74, 6) is -0.203. The van der Waals surface area contributed by atoms with Gasteiger partial charge in [-0.05, 0) is 38.8 Å². The number of aromatic nitrogens is 3. The number of aryl methyl sites for hydroxylation is 1. The molecule has 1 saturated carbocycles. The highest BCUT2D eigenvalue weighted by molar-refractivity contribution is 5.93. The van der Waals surface area contributed by atoms with Crippen molar-refractivity contribution in [1.82, 2.24) is 19.9 Å². The van der Waals surface area contributed by atoms with Gasteiger partial charge in [0.05, 0.1) is 17.0 Å². The van der Waals surface area contributed by atoms with Crippen LogP contribution in [-0.2, 0) is 0 Å². The predicted octanol–water partition coefficient (Wildman–Crippen LogP) is 2.26. The molecule has 6 nitrogen and oxygen atoms in total. The summed E-state index contributed by atoms with van der Waals surface area (Å²) in [6.45, 7) is 4.20. The number of carbonyl (C=O) groups is 1. The number of hydrogen-bond acceptors (Lipinski definition) is 4. The zero-order valence-corrected chi connectivity index (χ0v) is 14.5. The molecule has 24 heavy (non-hydrogen) atoms. The minimum Gasteiger partial charge on any atom is -0.388 e. The quantitative estimate of drug-likeness (QED) is 0.934. The van der Waals surface area contributed by atoms with Crippen LogP contribution in [0.2, 0.25) is 0 Å². The van der Waals surface area contributed by atoms with Crippen LogP contribution in [-0.4, -0.2) is 50.1 Å². The van der Waals surface area contributed by atoms with Gasteiger partial charge in [0.15, 0.2) is 5.69 Å². The highest BCUT2D eigenvalue weighted by atomic mass is 16.3. The molecular formula is C18H24N4O2. The van der Waals surface area contributed by atoms with Gasteiger partial charge in [-0.15, -0.1) is 5.10 Å². The van der Waals surface area contributed by atoms with Crippen LogP contribution in [0.15, 0.2) is 24.3 Å². The maximum absolute atomic E-state index is 12.7. The van der Waals surface area contributed by atoms with Crippen molar-refractivity contribution in [2.75, 3.05) is 13.6 Å². The summed E-state index contributed by atoms with van der Waals surface area (Å²) in [6.07, 6.45) is 3.53. The largest absolute Gasteiger partial charge is 0.388 e. The third-order valence-electron chi connectivity index (χ3n) is 4.79. The third kappa shape index (κ3) is 3.19. The van der Waals surface area contributed by atoms with Gasteiger partial charge in [0.2, 0.25) is 0 Å². The Bertz CT molecular complexity index is 730. The first kappa shape index (κ1) is 16.6. The van der Waals surface area contributed by atoms with Crippen LogP contribution in [0.1, 0.15) is 47.4 Å². The van der Waals surface area contributed by atoms with Crippen molar-refractivity contribution in [3.63, 3.8) is 0 Å². The summed E-state index contributed by atoms with van der Waals surface area (Å²) < 4.78 is 1.67. The van der Waals surface area contributed by atoms with E-state index < -0.39 is 5.60 Å². The molecule has 0 unspecified atom stereocenters. The third-order valence-corrected chi connectivity index (χ3v) is 4.79. The number of rotatable bonds is 4. The molecule has 1 fully saturated rings. The van der Waals surface area contributed by atoms with E-state index in [1.165, 1.54) is 0 Å². The second-order valence-corrected chi connectivity index (χ2v) is 6.86. The summed E-state index contributed by atoms with van der Waals surface area (Å²) in [7, 11) is 1.71. The van der Waals surface area contributed by atoms with Gasteiger partial charge in [-0.25, -0.2) is 4.68 Å². The van der Waals surface area contributed by atoms with Crippen LogP contribution in [0.5, 0.6) is 0 Å². The van der Waals surface area contributed by atoms with Crippen LogP contribution < -0.4 is 0 Å². The normalized spacial score (nSPS) is 16.3. The molecule has 1 aliphatic rings. The van der Waals surface area contributed by atoms with E-state index in [4.69, 9.17) is 0 Å². The Hall–Kier alpha value is -2.21. The maximum Gasteiger partial charge on any atom is 0.276 e. The van der Waals surface area contributed by atoms with Crippen molar-refractivity contribution in [3.05, 3.63) is 41.2 Å². The van der Waals surface area contributed by atoms with Gasteiger partial charge in [-0.2, -0.15) is 0 Å². The molecule has 6 heteroatoms. The lowest BCUT2D eigenvalue weighted by Crippen LogP contribution is -2.42. The van der Waals surface area contributed by atoms with Crippen LogP contribution in [0.3, 0.4) is 0 Å². The van der Waals surface area contributed by atoms with Crippen molar-refractivity contribution in [2.24, 2.45) is 0 Å². The predicted molar refractivity (Wildman–Crippen MR) is 91.2 cm³/mol. The molecule has 0 aliphatic heterocycles. The van der Waals surface area contributed by atoms with E-state index in [1.54, 1.807) is 16.6 Å². The Morgan fingerprint density at radius 2 is 1.88 bits per heavy atom. The number of nitrogens with zero attached hydrogens (tertiary/aromatic N) is 4. The van der Waals surface area contributed by atoms with Gasteiger partial charge >= 0.3 is 0 Å².